The second-order valence-corrected chi connectivity index (χ2v) is 6.43. The van der Waals surface area contributed by atoms with Crippen molar-refractivity contribution in [2.45, 2.75) is 53.7 Å². The monoisotopic (exact) mass is 277 g/mol. The number of hydrogen-bond acceptors (Lipinski definition) is 2. The van der Waals surface area contributed by atoms with E-state index in [-0.39, 0.29) is 0 Å². The van der Waals surface area contributed by atoms with Crippen LogP contribution in [-0.2, 0) is 17.9 Å². The van der Waals surface area contributed by atoms with E-state index in [0.717, 1.165) is 38.6 Å². The van der Waals surface area contributed by atoms with E-state index in [4.69, 9.17) is 4.74 Å². The van der Waals surface area contributed by atoms with Gasteiger partial charge in [-0.05, 0) is 42.3 Å². The molecule has 0 aliphatic carbocycles. The van der Waals surface area contributed by atoms with E-state index < -0.39 is 0 Å². The molecule has 20 heavy (non-hydrogen) atoms. The van der Waals surface area contributed by atoms with Crippen LogP contribution >= 0.6 is 0 Å². The van der Waals surface area contributed by atoms with E-state index in [0.29, 0.717) is 5.92 Å². The summed E-state index contributed by atoms with van der Waals surface area (Å²) in [6, 6.07) is 8.69. The lowest BCUT2D eigenvalue weighted by Crippen LogP contribution is -2.18. The van der Waals surface area contributed by atoms with Gasteiger partial charge < -0.3 is 10.1 Å². The molecule has 1 aromatic carbocycles. The van der Waals surface area contributed by atoms with E-state index in [9.17, 15) is 0 Å². The summed E-state index contributed by atoms with van der Waals surface area (Å²) in [7, 11) is 0. The van der Waals surface area contributed by atoms with Gasteiger partial charge in [0.05, 0.1) is 6.61 Å². The van der Waals surface area contributed by atoms with Crippen molar-refractivity contribution in [2.24, 2.45) is 11.8 Å². The third-order valence-electron chi connectivity index (χ3n) is 3.21. The highest BCUT2D eigenvalue weighted by atomic mass is 16.5. The SMILES string of the molecule is CC(C)CCCOCc1cccc(CNCC(C)C)c1. The lowest BCUT2D eigenvalue weighted by molar-refractivity contribution is 0.115. The molecule has 0 radical (unpaired) electrons. The highest BCUT2D eigenvalue weighted by molar-refractivity contribution is 5.22. The fraction of sp³-hybridized carbons (Fsp3) is 0.667. The Labute approximate surface area is 124 Å². The fourth-order valence-corrected chi connectivity index (χ4v) is 2.12. The second-order valence-electron chi connectivity index (χ2n) is 6.43. The highest BCUT2D eigenvalue weighted by Gasteiger charge is 1.99. The summed E-state index contributed by atoms with van der Waals surface area (Å²) in [5, 5.41) is 3.48. The maximum Gasteiger partial charge on any atom is 0.0716 e. The van der Waals surface area contributed by atoms with Crippen molar-refractivity contribution in [1.82, 2.24) is 5.32 Å². The van der Waals surface area contributed by atoms with E-state index in [1.165, 1.54) is 17.5 Å². The predicted molar refractivity (Wildman–Crippen MR) is 86.7 cm³/mol. The molecule has 0 amide bonds. The molecule has 0 saturated carbocycles. The number of rotatable bonds is 10. The van der Waals surface area contributed by atoms with Crippen LogP contribution in [0.2, 0.25) is 0 Å². The van der Waals surface area contributed by atoms with Gasteiger partial charge in [0.1, 0.15) is 0 Å². The Morgan fingerprint density at radius 2 is 1.80 bits per heavy atom. The molecule has 2 heteroatoms. The average molecular weight is 277 g/mol. The Kier molecular flexibility index (Phi) is 8.56. The van der Waals surface area contributed by atoms with Gasteiger partial charge in [0, 0.05) is 13.2 Å². The summed E-state index contributed by atoms with van der Waals surface area (Å²) in [6.07, 6.45) is 2.41. The summed E-state index contributed by atoms with van der Waals surface area (Å²) in [5.41, 5.74) is 2.62. The smallest absolute Gasteiger partial charge is 0.0716 e. The molecule has 0 unspecified atom stereocenters. The van der Waals surface area contributed by atoms with E-state index in [1.54, 1.807) is 0 Å². The van der Waals surface area contributed by atoms with E-state index >= 15 is 0 Å². The molecule has 0 aliphatic heterocycles. The quantitative estimate of drug-likeness (QED) is 0.641. The third-order valence-corrected chi connectivity index (χ3v) is 3.21. The van der Waals surface area contributed by atoms with Crippen LogP contribution in [0.1, 0.15) is 51.7 Å². The van der Waals surface area contributed by atoms with Crippen LogP contribution in [0.15, 0.2) is 24.3 Å². The largest absolute Gasteiger partial charge is 0.377 e. The molecule has 1 aromatic rings. The first kappa shape index (κ1) is 17.2. The molecule has 1 rings (SSSR count). The van der Waals surface area contributed by atoms with Crippen LogP contribution in [0, 0.1) is 11.8 Å². The molecular weight excluding hydrogens is 246 g/mol. The normalized spacial score (nSPS) is 11.5. The maximum absolute atomic E-state index is 5.75. The van der Waals surface area contributed by atoms with Crippen LogP contribution in [0.25, 0.3) is 0 Å². The summed E-state index contributed by atoms with van der Waals surface area (Å²) in [5.74, 6) is 1.47. The average Bonchev–Trinajstić information content (AvgIpc) is 2.38. The minimum absolute atomic E-state index is 0.697. The van der Waals surface area contributed by atoms with Crippen LogP contribution < -0.4 is 5.32 Å². The Balaban J connectivity index is 2.25. The number of nitrogens with one attached hydrogen (secondary N) is 1. The summed E-state index contributed by atoms with van der Waals surface area (Å²) in [4.78, 5) is 0. The van der Waals surface area contributed by atoms with Gasteiger partial charge in [-0.2, -0.15) is 0 Å². The molecule has 0 bridgehead atoms. The molecule has 0 fully saturated rings. The minimum Gasteiger partial charge on any atom is -0.377 e. The zero-order chi connectivity index (χ0) is 14.8. The molecule has 0 heterocycles. The topological polar surface area (TPSA) is 21.3 Å². The summed E-state index contributed by atoms with van der Waals surface area (Å²) < 4.78 is 5.75. The molecule has 0 aliphatic rings. The molecule has 0 saturated heterocycles. The van der Waals surface area contributed by atoms with E-state index in [2.05, 4.69) is 57.3 Å². The maximum atomic E-state index is 5.75. The van der Waals surface area contributed by atoms with Crippen molar-refractivity contribution < 1.29 is 4.74 Å². The van der Waals surface area contributed by atoms with Crippen molar-refractivity contribution >= 4 is 0 Å². The van der Waals surface area contributed by atoms with Crippen LogP contribution in [0.4, 0.5) is 0 Å². The van der Waals surface area contributed by atoms with Gasteiger partial charge in [-0.3, -0.25) is 0 Å². The first-order valence-corrected chi connectivity index (χ1v) is 7.94. The molecule has 0 atom stereocenters. The van der Waals surface area contributed by atoms with Gasteiger partial charge in [0.15, 0.2) is 0 Å². The van der Waals surface area contributed by atoms with Crippen LogP contribution in [-0.4, -0.2) is 13.2 Å². The number of hydrogen-bond donors (Lipinski definition) is 1. The van der Waals surface area contributed by atoms with Crippen molar-refractivity contribution in [3.63, 3.8) is 0 Å². The lowest BCUT2D eigenvalue weighted by Gasteiger charge is -2.10. The summed E-state index contributed by atoms with van der Waals surface area (Å²) in [6.45, 7) is 12.6. The Morgan fingerprint density at radius 3 is 2.50 bits per heavy atom. The van der Waals surface area contributed by atoms with Gasteiger partial charge in [-0.1, -0.05) is 52.0 Å². The zero-order valence-electron chi connectivity index (χ0n) is 13.6. The van der Waals surface area contributed by atoms with Gasteiger partial charge in [0.2, 0.25) is 0 Å². The standard InChI is InChI=1S/C18H31NO/c1-15(2)7-6-10-20-14-18-9-5-8-17(11-18)13-19-12-16(3)4/h5,8-9,11,15-16,19H,6-7,10,12-14H2,1-4H3. The van der Waals surface area contributed by atoms with Gasteiger partial charge >= 0.3 is 0 Å². The third kappa shape index (κ3) is 8.34. The predicted octanol–water partition coefficient (Wildman–Crippen LogP) is 4.39. The lowest BCUT2D eigenvalue weighted by atomic mass is 10.1. The zero-order valence-corrected chi connectivity index (χ0v) is 13.6. The van der Waals surface area contributed by atoms with Crippen LogP contribution in [0.3, 0.4) is 0 Å². The van der Waals surface area contributed by atoms with Crippen LogP contribution in [0.5, 0.6) is 0 Å². The van der Waals surface area contributed by atoms with Gasteiger partial charge in [0.25, 0.3) is 0 Å². The molecule has 2 nitrogen and oxygen atoms in total. The second kappa shape index (κ2) is 9.95. The highest BCUT2D eigenvalue weighted by Crippen LogP contribution is 2.08. The van der Waals surface area contributed by atoms with Gasteiger partial charge in [-0.25, -0.2) is 0 Å². The van der Waals surface area contributed by atoms with Crippen molar-refractivity contribution in [2.75, 3.05) is 13.2 Å². The molecule has 0 spiro atoms. The Morgan fingerprint density at radius 1 is 1.05 bits per heavy atom. The van der Waals surface area contributed by atoms with Crippen molar-refractivity contribution in [1.29, 1.82) is 0 Å². The first-order chi connectivity index (χ1) is 9.58. The molecule has 0 aromatic heterocycles. The minimum atomic E-state index is 0.697. The molecular formula is C18H31NO. The fourth-order valence-electron chi connectivity index (χ4n) is 2.12. The molecule has 114 valence electrons. The Hall–Kier alpha value is -0.860. The summed E-state index contributed by atoms with van der Waals surface area (Å²) >= 11 is 0. The first-order valence-electron chi connectivity index (χ1n) is 7.94. The number of ether oxygens (including phenoxy) is 1. The van der Waals surface area contributed by atoms with E-state index in [1.807, 2.05) is 0 Å². The Bertz CT molecular complexity index is 360. The van der Waals surface area contributed by atoms with Crippen molar-refractivity contribution in [3.8, 4) is 0 Å². The van der Waals surface area contributed by atoms with Crippen molar-refractivity contribution in [3.05, 3.63) is 35.4 Å². The number of benzene rings is 1. The van der Waals surface area contributed by atoms with Gasteiger partial charge in [-0.15, -0.1) is 0 Å². The molecule has 1 N–H and O–H groups in total.